The fourth-order valence-corrected chi connectivity index (χ4v) is 4.91. The topological polar surface area (TPSA) is 111 Å². The van der Waals surface area contributed by atoms with Crippen LogP contribution in [0.2, 0.25) is 0 Å². The van der Waals surface area contributed by atoms with E-state index in [4.69, 9.17) is 10.5 Å². The highest BCUT2D eigenvalue weighted by molar-refractivity contribution is 5.91. The van der Waals surface area contributed by atoms with Gasteiger partial charge in [0.05, 0.1) is 25.3 Å². The lowest BCUT2D eigenvalue weighted by atomic mass is 9.97. The number of hydrogen-bond donors (Lipinski definition) is 2. The van der Waals surface area contributed by atoms with E-state index < -0.39 is 12.2 Å². The van der Waals surface area contributed by atoms with E-state index in [1.807, 2.05) is 56.3 Å². The van der Waals surface area contributed by atoms with Crippen LogP contribution in [0.3, 0.4) is 0 Å². The third kappa shape index (κ3) is 5.96. The highest BCUT2D eigenvalue weighted by atomic mass is 16.5. The normalized spacial score (nSPS) is 20.3. The number of urea groups is 1. The number of likely N-dealkylation sites (N-methyl/N-ethyl adjacent to an activating group) is 1. The van der Waals surface area contributed by atoms with Crippen molar-refractivity contribution in [3.8, 4) is 5.75 Å². The first kappa shape index (κ1) is 26.3. The number of amides is 4. The molecule has 2 fully saturated rings. The molecule has 2 saturated heterocycles. The Kier molecular flexibility index (Phi) is 8.17. The average molecular weight is 509 g/mol. The molecule has 0 radical (unpaired) electrons. The molecule has 198 valence electrons. The fourth-order valence-electron chi connectivity index (χ4n) is 4.91. The number of nitrogens with zero attached hydrogens (tertiary/aromatic N) is 4. The maximum absolute atomic E-state index is 13.6. The van der Waals surface area contributed by atoms with Crippen molar-refractivity contribution in [2.45, 2.75) is 39.0 Å². The number of fused-ring (bicyclic) bond motifs is 1. The van der Waals surface area contributed by atoms with E-state index in [1.165, 1.54) is 0 Å². The Morgan fingerprint density at radius 3 is 2.51 bits per heavy atom. The van der Waals surface area contributed by atoms with Gasteiger partial charge >= 0.3 is 6.03 Å². The first-order valence-corrected chi connectivity index (χ1v) is 12.7. The van der Waals surface area contributed by atoms with Crippen LogP contribution in [-0.4, -0.2) is 83.2 Å². The lowest BCUT2D eigenvalue weighted by Crippen LogP contribution is -2.76. The van der Waals surface area contributed by atoms with E-state index in [1.54, 1.807) is 39.0 Å². The van der Waals surface area contributed by atoms with Gasteiger partial charge in [0.2, 0.25) is 11.8 Å². The Balaban J connectivity index is 1.53. The summed E-state index contributed by atoms with van der Waals surface area (Å²) < 4.78 is 5.84. The van der Waals surface area contributed by atoms with E-state index in [0.717, 1.165) is 5.56 Å². The van der Waals surface area contributed by atoms with Crippen LogP contribution in [0.4, 0.5) is 10.5 Å². The molecule has 2 atom stereocenters. The van der Waals surface area contributed by atoms with Gasteiger partial charge in [-0.2, -0.15) is 0 Å². The number of ether oxygens (including phenoxy) is 1. The number of nitrogens with two attached hydrogens (primary N) is 1. The van der Waals surface area contributed by atoms with Crippen LogP contribution in [0.25, 0.3) is 0 Å². The average Bonchev–Trinajstić information content (AvgIpc) is 2.86. The predicted octanol–water partition coefficient (Wildman–Crippen LogP) is 2.13. The standard InChI is InChI=1S/C27H36N6O4/c1-19(2)15-22-26(35)31(13-14-37-23-12-8-7-11-21(23)28)17-24-32(22)25(34)18-30(3)33(24)27(36)29-16-20-9-5-4-6-10-20/h4-12,19,22,24H,13-18,28H2,1-3H3,(H,29,36)/t22-,24?/m0/s1. The number of anilines is 1. The Labute approximate surface area is 217 Å². The van der Waals surface area contributed by atoms with Crippen LogP contribution in [0.1, 0.15) is 25.8 Å². The largest absolute Gasteiger partial charge is 0.490 e. The van der Waals surface area contributed by atoms with Crippen molar-refractivity contribution in [1.82, 2.24) is 25.1 Å². The third-order valence-corrected chi connectivity index (χ3v) is 6.67. The molecule has 0 bridgehead atoms. The second-order valence-corrected chi connectivity index (χ2v) is 9.90. The molecule has 10 nitrogen and oxygen atoms in total. The minimum atomic E-state index is -0.647. The molecule has 2 aliphatic rings. The first-order valence-electron chi connectivity index (χ1n) is 12.7. The molecular formula is C27H36N6O4. The summed E-state index contributed by atoms with van der Waals surface area (Å²) >= 11 is 0. The van der Waals surface area contributed by atoms with Crippen LogP contribution in [0.15, 0.2) is 54.6 Å². The summed E-state index contributed by atoms with van der Waals surface area (Å²) in [5.74, 6) is 0.452. The number of carbonyl (C=O) groups excluding carboxylic acids is 3. The van der Waals surface area contributed by atoms with E-state index in [2.05, 4.69) is 5.32 Å². The molecule has 0 spiro atoms. The highest BCUT2D eigenvalue weighted by Gasteiger charge is 2.50. The van der Waals surface area contributed by atoms with Crippen molar-refractivity contribution in [3.63, 3.8) is 0 Å². The lowest BCUT2D eigenvalue weighted by molar-refractivity contribution is -0.188. The van der Waals surface area contributed by atoms with Crippen molar-refractivity contribution in [2.24, 2.45) is 5.92 Å². The minimum absolute atomic E-state index is 0.0214. The van der Waals surface area contributed by atoms with Gasteiger partial charge in [-0.05, 0) is 30.0 Å². The van der Waals surface area contributed by atoms with E-state index in [9.17, 15) is 14.4 Å². The van der Waals surface area contributed by atoms with Crippen LogP contribution < -0.4 is 15.8 Å². The van der Waals surface area contributed by atoms with Gasteiger partial charge in [0, 0.05) is 13.6 Å². The second kappa shape index (κ2) is 11.5. The van der Waals surface area contributed by atoms with Gasteiger partial charge in [0.1, 0.15) is 24.6 Å². The smallest absolute Gasteiger partial charge is 0.334 e. The summed E-state index contributed by atoms with van der Waals surface area (Å²) in [5, 5.41) is 6.16. The molecule has 2 heterocycles. The minimum Gasteiger partial charge on any atom is -0.490 e. The maximum Gasteiger partial charge on any atom is 0.334 e. The number of carbonyl (C=O) groups is 3. The number of nitrogens with one attached hydrogen (secondary N) is 1. The molecule has 2 aliphatic heterocycles. The van der Waals surface area contributed by atoms with Gasteiger partial charge in [-0.25, -0.2) is 14.8 Å². The summed E-state index contributed by atoms with van der Waals surface area (Å²) in [7, 11) is 1.72. The molecule has 4 rings (SSSR count). The molecule has 2 aromatic carbocycles. The molecule has 37 heavy (non-hydrogen) atoms. The summed E-state index contributed by atoms with van der Waals surface area (Å²) in [4.78, 5) is 43.4. The molecule has 3 N–H and O–H groups in total. The Morgan fingerprint density at radius 2 is 1.81 bits per heavy atom. The lowest BCUT2D eigenvalue weighted by Gasteiger charge is -2.54. The summed E-state index contributed by atoms with van der Waals surface area (Å²) in [5.41, 5.74) is 7.47. The summed E-state index contributed by atoms with van der Waals surface area (Å²) in [6.07, 6.45) is -0.113. The zero-order valence-electron chi connectivity index (χ0n) is 21.7. The number of rotatable bonds is 8. The van der Waals surface area contributed by atoms with Crippen LogP contribution in [0, 0.1) is 5.92 Å². The predicted molar refractivity (Wildman–Crippen MR) is 140 cm³/mol. The SMILES string of the molecule is CC(C)C[C@H]1C(=O)N(CCOc2ccccc2N)CC2N1C(=O)CN(C)N2C(=O)NCc1ccccc1. The number of nitrogen functional groups attached to an aromatic ring is 1. The van der Waals surface area contributed by atoms with Gasteiger partial charge in [0.25, 0.3) is 0 Å². The van der Waals surface area contributed by atoms with Gasteiger partial charge < -0.3 is 25.6 Å². The van der Waals surface area contributed by atoms with E-state index in [0.29, 0.717) is 30.9 Å². The van der Waals surface area contributed by atoms with Gasteiger partial charge in [-0.3, -0.25) is 9.59 Å². The Bertz CT molecular complexity index is 1110. The Morgan fingerprint density at radius 1 is 1.11 bits per heavy atom. The molecule has 0 saturated carbocycles. The number of hydrazine groups is 1. The monoisotopic (exact) mass is 508 g/mol. The highest BCUT2D eigenvalue weighted by Crippen LogP contribution is 2.29. The summed E-state index contributed by atoms with van der Waals surface area (Å²) in [6, 6.07) is 15.9. The third-order valence-electron chi connectivity index (χ3n) is 6.67. The van der Waals surface area contributed by atoms with E-state index in [-0.39, 0.29) is 43.5 Å². The van der Waals surface area contributed by atoms with Crippen LogP contribution in [0.5, 0.6) is 5.75 Å². The number of hydrogen-bond acceptors (Lipinski definition) is 6. The summed E-state index contributed by atoms with van der Waals surface area (Å²) in [6.45, 7) is 5.16. The molecule has 1 unspecified atom stereocenters. The molecule has 0 aliphatic carbocycles. The van der Waals surface area contributed by atoms with Gasteiger partial charge in [0.15, 0.2) is 0 Å². The Hall–Kier alpha value is -3.79. The molecular weight excluding hydrogens is 472 g/mol. The quantitative estimate of drug-likeness (QED) is 0.529. The number of para-hydroxylation sites is 2. The fraction of sp³-hybridized carbons (Fsp3) is 0.444. The zero-order valence-corrected chi connectivity index (χ0v) is 21.7. The van der Waals surface area contributed by atoms with Crippen molar-refractivity contribution in [1.29, 1.82) is 0 Å². The van der Waals surface area contributed by atoms with Crippen molar-refractivity contribution >= 4 is 23.5 Å². The molecule has 10 heteroatoms. The zero-order chi connectivity index (χ0) is 26.5. The van der Waals surface area contributed by atoms with Crippen LogP contribution in [-0.2, 0) is 16.1 Å². The van der Waals surface area contributed by atoms with Crippen molar-refractivity contribution in [2.75, 3.05) is 39.0 Å². The number of benzene rings is 2. The number of piperazine rings is 1. The molecule has 2 aromatic rings. The first-order chi connectivity index (χ1) is 17.8. The second-order valence-electron chi connectivity index (χ2n) is 9.90. The van der Waals surface area contributed by atoms with Crippen LogP contribution >= 0.6 is 0 Å². The van der Waals surface area contributed by atoms with Gasteiger partial charge in [-0.1, -0.05) is 56.3 Å². The van der Waals surface area contributed by atoms with Crippen molar-refractivity contribution in [3.05, 3.63) is 60.2 Å². The van der Waals surface area contributed by atoms with E-state index >= 15 is 0 Å². The molecule has 4 amide bonds. The van der Waals surface area contributed by atoms with Gasteiger partial charge in [-0.15, -0.1) is 0 Å². The maximum atomic E-state index is 13.6. The molecule has 0 aromatic heterocycles. The van der Waals surface area contributed by atoms with Crippen molar-refractivity contribution < 1.29 is 19.1 Å².